The lowest BCUT2D eigenvalue weighted by molar-refractivity contribution is -0.140. The van der Waals surface area contributed by atoms with Crippen LogP contribution in [0.3, 0.4) is 0 Å². The van der Waals surface area contributed by atoms with Crippen LogP contribution in [-0.2, 0) is 39.0 Å². The lowest BCUT2D eigenvalue weighted by atomic mass is 10.0. The van der Waals surface area contributed by atoms with Crippen LogP contribution in [0.25, 0.3) is 0 Å². The van der Waals surface area contributed by atoms with E-state index in [-0.39, 0.29) is 23.8 Å². The van der Waals surface area contributed by atoms with E-state index in [1.807, 2.05) is 56.3 Å². The van der Waals surface area contributed by atoms with Crippen LogP contribution in [0, 0.1) is 0 Å². The summed E-state index contributed by atoms with van der Waals surface area (Å²) in [5, 5.41) is 3.41. The number of sulfonamides is 1. The highest BCUT2D eigenvalue weighted by atomic mass is 35.5. The van der Waals surface area contributed by atoms with Crippen LogP contribution in [0.15, 0.2) is 114 Å². The molecule has 9 heteroatoms. The first-order valence-electron chi connectivity index (χ1n) is 14.2. The van der Waals surface area contributed by atoms with Crippen LogP contribution in [-0.4, -0.2) is 44.3 Å². The Morgan fingerprint density at radius 2 is 1.35 bits per heavy atom. The van der Waals surface area contributed by atoms with Crippen LogP contribution in [0.4, 0.5) is 5.69 Å². The van der Waals surface area contributed by atoms with Crippen LogP contribution < -0.4 is 9.62 Å². The van der Waals surface area contributed by atoms with E-state index in [1.165, 1.54) is 17.0 Å². The molecule has 7 nitrogen and oxygen atoms in total. The molecule has 0 unspecified atom stereocenters. The van der Waals surface area contributed by atoms with Gasteiger partial charge in [-0.1, -0.05) is 91.3 Å². The fourth-order valence-electron chi connectivity index (χ4n) is 4.78. The van der Waals surface area contributed by atoms with E-state index in [0.717, 1.165) is 27.4 Å². The van der Waals surface area contributed by atoms with Gasteiger partial charge in [0.05, 0.1) is 10.6 Å². The molecule has 0 aliphatic carbocycles. The predicted molar refractivity (Wildman–Crippen MR) is 171 cm³/mol. The van der Waals surface area contributed by atoms with Gasteiger partial charge in [-0.15, -0.1) is 0 Å². The van der Waals surface area contributed by atoms with Gasteiger partial charge in [0.1, 0.15) is 12.6 Å². The Kier molecular flexibility index (Phi) is 11.0. The topological polar surface area (TPSA) is 86.8 Å². The summed E-state index contributed by atoms with van der Waals surface area (Å²) in [5.41, 5.74) is 3.02. The van der Waals surface area contributed by atoms with E-state index in [9.17, 15) is 18.0 Å². The minimum absolute atomic E-state index is 0.0659. The Morgan fingerprint density at radius 1 is 0.767 bits per heavy atom. The molecule has 2 amide bonds. The average molecular weight is 618 g/mol. The van der Waals surface area contributed by atoms with Crippen molar-refractivity contribution < 1.29 is 18.0 Å². The van der Waals surface area contributed by atoms with E-state index in [1.54, 1.807) is 54.6 Å². The third-order valence-electron chi connectivity index (χ3n) is 7.13. The van der Waals surface area contributed by atoms with Gasteiger partial charge in [0, 0.05) is 24.5 Å². The first-order valence-corrected chi connectivity index (χ1v) is 16.1. The summed E-state index contributed by atoms with van der Waals surface area (Å²) in [6.45, 7) is 3.79. The number of hydrogen-bond acceptors (Lipinski definition) is 4. The van der Waals surface area contributed by atoms with Crippen molar-refractivity contribution in [3.63, 3.8) is 0 Å². The van der Waals surface area contributed by atoms with E-state index in [4.69, 9.17) is 11.6 Å². The summed E-state index contributed by atoms with van der Waals surface area (Å²) < 4.78 is 29.1. The Hall–Kier alpha value is -4.14. The summed E-state index contributed by atoms with van der Waals surface area (Å²) in [4.78, 5) is 29.4. The molecule has 0 saturated carbocycles. The number of nitrogens with zero attached hydrogens (tertiary/aromatic N) is 2. The molecule has 4 aromatic carbocycles. The number of anilines is 1. The minimum Gasteiger partial charge on any atom is -0.355 e. The summed E-state index contributed by atoms with van der Waals surface area (Å²) in [7, 11) is -4.13. The normalized spacial score (nSPS) is 11.9. The molecule has 0 spiro atoms. The summed E-state index contributed by atoms with van der Waals surface area (Å²) in [6, 6.07) is 30.7. The van der Waals surface area contributed by atoms with Gasteiger partial charge in [0.2, 0.25) is 11.8 Å². The molecule has 1 N–H and O–H groups in total. The van der Waals surface area contributed by atoms with Crippen molar-refractivity contribution in [1.82, 2.24) is 10.2 Å². The van der Waals surface area contributed by atoms with E-state index in [2.05, 4.69) is 5.32 Å². The van der Waals surface area contributed by atoms with Crippen molar-refractivity contribution in [2.75, 3.05) is 17.4 Å². The second-order valence-corrected chi connectivity index (χ2v) is 12.4. The summed E-state index contributed by atoms with van der Waals surface area (Å²) >= 11 is 6.12. The molecule has 4 aromatic rings. The van der Waals surface area contributed by atoms with Gasteiger partial charge in [-0.2, -0.15) is 0 Å². The molecule has 0 aliphatic heterocycles. The minimum atomic E-state index is -4.13. The average Bonchev–Trinajstić information content (AvgIpc) is 3.03. The number of benzene rings is 4. The van der Waals surface area contributed by atoms with Crippen LogP contribution in [0.1, 0.15) is 30.5 Å². The third-order valence-corrected chi connectivity index (χ3v) is 9.17. The van der Waals surface area contributed by atoms with Crippen molar-refractivity contribution in [2.45, 2.75) is 44.2 Å². The Labute approximate surface area is 259 Å². The molecule has 0 heterocycles. The highest BCUT2D eigenvalue weighted by Crippen LogP contribution is 2.26. The smallest absolute Gasteiger partial charge is 0.264 e. The maximum atomic E-state index is 14.4. The van der Waals surface area contributed by atoms with E-state index >= 15 is 0 Å². The first-order chi connectivity index (χ1) is 20.7. The molecule has 43 heavy (non-hydrogen) atoms. The second-order valence-electron chi connectivity index (χ2n) is 10.1. The molecule has 0 radical (unpaired) electrons. The molecule has 0 saturated heterocycles. The second kappa shape index (κ2) is 14.8. The van der Waals surface area contributed by atoms with E-state index in [0.29, 0.717) is 17.3 Å². The highest BCUT2D eigenvalue weighted by molar-refractivity contribution is 7.92. The van der Waals surface area contributed by atoms with Crippen molar-refractivity contribution in [3.05, 3.63) is 131 Å². The first kappa shape index (κ1) is 31.8. The van der Waals surface area contributed by atoms with Crippen molar-refractivity contribution in [3.8, 4) is 0 Å². The molecule has 4 rings (SSSR count). The van der Waals surface area contributed by atoms with Crippen molar-refractivity contribution in [1.29, 1.82) is 0 Å². The van der Waals surface area contributed by atoms with Crippen molar-refractivity contribution in [2.24, 2.45) is 0 Å². The van der Waals surface area contributed by atoms with Gasteiger partial charge >= 0.3 is 0 Å². The zero-order chi connectivity index (χ0) is 30.8. The standard InChI is InChI=1S/C34H36ClN3O4S/c1-3-26-17-21-30(22-18-26)38(43(41,42)31-13-9-6-10-14-31)25-33(39)37(24-28-15-19-29(35)20-16-28)32(34(40)36-4-2)23-27-11-7-5-8-12-27/h5-22,32H,3-4,23-25H2,1-2H3,(H,36,40)/t32-/m0/s1. The summed E-state index contributed by atoms with van der Waals surface area (Å²) in [6.07, 6.45) is 1.04. The molecule has 0 aromatic heterocycles. The van der Waals surface area contributed by atoms with E-state index < -0.39 is 28.5 Å². The zero-order valence-electron chi connectivity index (χ0n) is 24.3. The van der Waals surface area contributed by atoms with Crippen LogP contribution in [0.5, 0.6) is 0 Å². The Bertz CT molecular complexity index is 1600. The van der Waals surface area contributed by atoms with Gasteiger partial charge in [0.15, 0.2) is 0 Å². The monoisotopic (exact) mass is 617 g/mol. The van der Waals surface area contributed by atoms with Gasteiger partial charge in [-0.05, 0) is 66.4 Å². The number of amides is 2. The lowest BCUT2D eigenvalue weighted by Gasteiger charge is -2.34. The number of halogens is 1. The predicted octanol–water partition coefficient (Wildman–Crippen LogP) is 5.87. The fraction of sp³-hybridized carbons (Fsp3) is 0.235. The van der Waals surface area contributed by atoms with Crippen LogP contribution in [0.2, 0.25) is 5.02 Å². The maximum Gasteiger partial charge on any atom is 0.264 e. The number of aryl methyl sites for hydroxylation is 1. The number of nitrogens with one attached hydrogen (secondary N) is 1. The Morgan fingerprint density at radius 3 is 1.93 bits per heavy atom. The third kappa shape index (κ3) is 8.24. The summed E-state index contributed by atoms with van der Waals surface area (Å²) in [5.74, 6) is -0.834. The number of likely N-dealkylation sites (N-methyl/N-ethyl adjacent to an activating group) is 1. The molecular weight excluding hydrogens is 582 g/mol. The number of hydrogen-bond donors (Lipinski definition) is 1. The highest BCUT2D eigenvalue weighted by Gasteiger charge is 2.34. The zero-order valence-corrected chi connectivity index (χ0v) is 25.9. The molecule has 0 bridgehead atoms. The van der Waals surface area contributed by atoms with Crippen molar-refractivity contribution >= 4 is 39.1 Å². The molecule has 224 valence electrons. The van der Waals surface area contributed by atoms with Gasteiger partial charge in [-0.25, -0.2) is 8.42 Å². The molecule has 0 aliphatic rings. The number of carbonyl (C=O) groups excluding carboxylic acids is 2. The van der Waals surface area contributed by atoms with Gasteiger partial charge in [-0.3, -0.25) is 13.9 Å². The maximum absolute atomic E-state index is 14.4. The molecule has 0 fully saturated rings. The number of carbonyl (C=O) groups is 2. The SMILES string of the molecule is CCNC(=O)[C@H](Cc1ccccc1)N(Cc1ccc(Cl)cc1)C(=O)CN(c1ccc(CC)cc1)S(=O)(=O)c1ccccc1. The van der Waals surface area contributed by atoms with Crippen LogP contribution >= 0.6 is 11.6 Å². The molecular formula is C34H36ClN3O4S. The largest absolute Gasteiger partial charge is 0.355 e. The number of rotatable bonds is 13. The van der Waals surface area contributed by atoms with Gasteiger partial charge < -0.3 is 10.2 Å². The fourth-order valence-corrected chi connectivity index (χ4v) is 6.34. The Balaban J connectivity index is 1.78. The van der Waals surface area contributed by atoms with Gasteiger partial charge in [0.25, 0.3) is 10.0 Å². The lowest BCUT2D eigenvalue weighted by Crippen LogP contribution is -2.53. The quantitative estimate of drug-likeness (QED) is 0.203. The molecule has 1 atom stereocenters.